The third-order valence-electron chi connectivity index (χ3n) is 8.29. The molecule has 2 fully saturated rings. The molecule has 174 valence electrons. The molecule has 0 atom stereocenters. The van der Waals surface area contributed by atoms with Gasteiger partial charge in [-0.05, 0) is 59.2 Å². The summed E-state index contributed by atoms with van der Waals surface area (Å²) in [7, 11) is 0. The van der Waals surface area contributed by atoms with Crippen LogP contribution in [0.3, 0.4) is 0 Å². The second-order valence-corrected chi connectivity index (χ2v) is 8.59. The van der Waals surface area contributed by atoms with E-state index in [1.165, 1.54) is 0 Å². The molecular weight excluding hydrogens is 402 g/mol. The molecule has 2 aliphatic carbocycles. The van der Waals surface area contributed by atoms with Gasteiger partial charge < -0.3 is 44.6 Å². The number of rotatable bonds is 0. The fourth-order valence-corrected chi connectivity index (χ4v) is 4.79. The van der Waals surface area contributed by atoms with Crippen LogP contribution in [0.5, 0.6) is 0 Å². The predicted octanol–water partition coefficient (Wildman–Crippen LogP) is 9.06. The predicted molar refractivity (Wildman–Crippen MR) is 130 cm³/mol. The van der Waals surface area contributed by atoms with Crippen molar-refractivity contribution in [3.05, 3.63) is 44.6 Å². The molecule has 0 amide bonds. The van der Waals surface area contributed by atoms with Gasteiger partial charge in [0.05, 0.1) is 0 Å². The Kier molecular flexibility index (Phi) is 40.8. The molecule has 0 aromatic heterocycles. The zero-order valence-corrected chi connectivity index (χ0v) is 26.5. The van der Waals surface area contributed by atoms with E-state index >= 15 is 0 Å². The zero-order chi connectivity index (χ0) is 15.8. The summed E-state index contributed by atoms with van der Waals surface area (Å²) in [6, 6.07) is 0. The second-order valence-electron chi connectivity index (χ2n) is 8.59. The van der Waals surface area contributed by atoms with Crippen LogP contribution in [0.4, 0.5) is 0 Å². The summed E-state index contributed by atoms with van der Waals surface area (Å²) in [4.78, 5) is 0. The van der Waals surface area contributed by atoms with Crippen LogP contribution in [0.2, 0.25) is 0 Å². The Labute approximate surface area is 223 Å². The summed E-state index contributed by atoms with van der Waals surface area (Å²) in [5.74, 6) is 9.35. The Balaban J connectivity index is -0.0000000370. The first kappa shape index (κ1) is 52.0. The summed E-state index contributed by atoms with van der Waals surface area (Å²) < 4.78 is 0. The molecule has 0 nitrogen and oxygen atoms in total. The summed E-state index contributed by atoms with van der Waals surface area (Å²) in [6.45, 7) is 24.0. The van der Waals surface area contributed by atoms with E-state index in [1.807, 2.05) is 0 Å². The molecule has 2 saturated carbocycles. The monoisotopic (exact) mass is 460 g/mol. The van der Waals surface area contributed by atoms with E-state index in [0.717, 1.165) is 59.2 Å². The molecule has 0 aliphatic heterocycles. The smallest absolute Gasteiger partial charge is 0 e. The first-order valence-electron chi connectivity index (χ1n) is 9.11. The number of hydrogen-bond donors (Lipinski definition) is 0. The van der Waals surface area contributed by atoms with E-state index in [9.17, 15) is 0 Å². The van der Waals surface area contributed by atoms with Crippen LogP contribution in [-0.4, -0.2) is 0 Å². The van der Waals surface area contributed by atoms with Crippen molar-refractivity contribution in [2.75, 3.05) is 0 Å². The first-order valence-corrected chi connectivity index (χ1v) is 9.11. The van der Waals surface area contributed by atoms with Crippen LogP contribution in [0, 0.1) is 104 Å². The first-order chi connectivity index (χ1) is 9.11. The maximum atomic E-state index is 2.40. The summed E-state index contributed by atoms with van der Waals surface area (Å²) >= 11 is 0. The van der Waals surface area contributed by atoms with Crippen molar-refractivity contribution in [3.8, 4) is 0 Å². The van der Waals surface area contributed by atoms with Gasteiger partial charge in [0, 0.05) is 51.7 Å². The van der Waals surface area contributed by atoms with Crippen LogP contribution >= 0.6 is 0 Å². The largest absolute Gasteiger partial charge is 0.358 e. The molecule has 0 unspecified atom stereocenters. The minimum Gasteiger partial charge on any atom is -0.358 e. The van der Waals surface area contributed by atoms with E-state index in [1.54, 1.807) is 0 Å². The van der Waals surface area contributed by atoms with Crippen LogP contribution in [-0.2, 0) is 51.7 Å². The van der Waals surface area contributed by atoms with Crippen LogP contribution in [0.25, 0.3) is 0 Å². The average Bonchev–Trinajstić information content (AvgIpc) is 2.71. The normalized spacial score (nSPS) is 39.6. The van der Waals surface area contributed by atoms with E-state index in [0.29, 0.717) is 0 Å². The quantitative estimate of drug-likeness (QED) is 0.316. The Morgan fingerprint density at radius 3 is 0.286 bits per heavy atom. The topological polar surface area (TPSA) is 0 Å². The van der Waals surface area contributed by atoms with E-state index < -0.39 is 0 Å². The van der Waals surface area contributed by atoms with E-state index in [-0.39, 0.29) is 96.2 Å². The maximum absolute atomic E-state index is 2.40. The molecule has 0 aromatic rings. The standard InChI is InChI=1S/2C10H20.6CH3.2Sc/c2*1-6-7(2)9(4)10(5)8(6)3;;;;;;;;/h2*6-10H,1-5H3;6*1H3;;/q;;6*-1;;. The Bertz CT molecular complexity index is 185. The molecule has 2 heteroatoms. The molecule has 2 aliphatic rings. The fourth-order valence-electron chi connectivity index (χ4n) is 4.79. The van der Waals surface area contributed by atoms with Crippen molar-refractivity contribution in [1.82, 2.24) is 0 Å². The van der Waals surface area contributed by atoms with Gasteiger partial charge in [0.1, 0.15) is 0 Å². The second kappa shape index (κ2) is 22.0. The van der Waals surface area contributed by atoms with Gasteiger partial charge in [-0.3, -0.25) is 0 Å². The van der Waals surface area contributed by atoms with Crippen LogP contribution < -0.4 is 0 Å². The van der Waals surface area contributed by atoms with Crippen molar-refractivity contribution in [1.29, 1.82) is 0 Å². The van der Waals surface area contributed by atoms with Gasteiger partial charge in [0.15, 0.2) is 0 Å². The fraction of sp³-hybridized carbons (Fsp3) is 0.769. The number of hydrogen-bond acceptors (Lipinski definition) is 0. The van der Waals surface area contributed by atoms with Gasteiger partial charge in [-0.2, -0.15) is 0 Å². The molecule has 28 heavy (non-hydrogen) atoms. The Hall–Kier alpha value is 1.74. The van der Waals surface area contributed by atoms with E-state index in [4.69, 9.17) is 0 Å². The Morgan fingerprint density at radius 1 is 0.214 bits per heavy atom. The molecule has 2 rings (SSSR count). The maximum Gasteiger partial charge on any atom is 0 e. The van der Waals surface area contributed by atoms with E-state index in [2.05, 4.69) is 69.2 Å². The van der Waals surface area contributed by atoms with Gasteiger partial charge in [-0.15, -0.1) is 0 Å². The third kappa shape index (κ3) is 11.4. The minimum atomic E-state index is 0. The molecule has 0 aromatic carbocycles. The van der Waals surface area contributed by atoms with Crippen molar-refractivity contribution < 1.29 is 51.7 Å². The summed E-state index contributed by atoms with van der Waals surface area (Å²) in [5.41, 5.74) is 0. The molecule has 0 N–H and O–H groups in total. The van der Waals surface area contributed by atoms with Crippen molar-refractivity contribution in [3.63, 3.8) is 0 Å². The summed E-state index contributed by atoms with van der Waals surface area (Å²) in [6.07, 6.45) is 0. The zero-order valence-electron chi connectivity index (χ0n) is 22.9. The van der Waals surface area contributed by atoms with Crippen molar-refractivity contribution in [2.45, 2.75) is 69.2 Å². The van der Waals surface area contributed by atoms with Gasteiger partial charge >= 0.3 is 0 Å². The van der Waals surface area contributed by atoms with Gasteiger partial charge in [-0.1, -0.05) is 69.2 Å². The van der Waals surface area contributed by atoms with Gasteiger partial charge in [-0.25, -0.2) is 0 Å². The molecule has 0 bridgehead atoms. The Morgan fingerprint density at radius 2 is 0.250 bits per heavy atom. The van der Waals surface area contributed by atoms with Crippen molar-refractivity contribution in [2.24, 2.45) is 59.2 Å². The third-order valence-corrected chi connectivity index (χ3v) is 8.29. The average molecular weight is 461 g/mol. The van der Waals surface area contributed by atoms with Crippen LogP contribution in [0.15, 0.2) is 0 Å². The van der Waals surface area contributed by atoms with Crippen molar-refractivity contribution >= 4 is 0 Å². The summed E-state index contributed by atoms with van der Waals surface area (Å²) in [5, 5.41) is 0. The SMILES string of the molecule is CC1C(C)C(C)C(C)C1C.CC1C(C)C(C)C(C)C1C.[CH3-].[CH3-].[CH3-].[CH3-].[CH3-].[CH3-].[Sc].[Sc]. The molecule has 2 radical (unpaired) electrons. The van der Waals surface area contributed by atoms with Gasteiger partial charge in [0.25, 0.3) is 0 Å². The van der Waals surface area contributed by atoms with Crippen LogP contribution in [0.1, 0.15) is 69.2 Å². The minimum absolute atomic E-state index is 0. The molecule has 0 spiro atoms. The molecule has 0 saturated heterocycles. The molecule has 0 heterocycles. The van der Waals surface area contributed by atoms with Gasteiger partial charge in [0.2, 0.25) is 0 Å². The molecular formula is C26H58Sc2-6.